The number of nitrogens with one attached hydrogen (secondary N) is 1. The normalized spacial score (nSPS) is 10.9. The minimum absolute atomic E-state index is 0.150. The van der Waals surface area contributed by atoms with Crippen molar-refractivity contribution in [2.75, 3.05) is 7.05 Å². The zero-order valence-corrected chi connectivity index (χ0v) is 10.4. The Morgan fingerprint density at radius 1 is 1.33 bits per heavy atom. The van der Waals surface area contributed by atoms with E-state index in [1.807, 2.05) is 0 Å². The first-order chi connectivity index (χ1) is 8.43. The topological polar surface area (TPSA) is 132 Å². The van der Waals surface area contributed by atoms with Crippen molar-refractivity contribution in [3.8, 4) is 0 Å². The number of rotatable bonds is 2. The van der Waals surface area contributed by atoms with Crippen LogP contribution >= 0.6 is 11.6 Å². The Balaban J connectivity index is 3.24. The molecule has 0 bridgehead atoms. The summed E-state index contributed by atoms with van der Waals surface area (Å²) in [6.45, 7) is 0. The van der Waals surface area contributed by atoms with Crippen LogP contribution in [0.4, 0.5) is 5.69 Å². The van der Waals surface area contributed by atoms with Crippen molar-refractivity contribution in [1.82, 2.24) is 5.32 Å². The number of carbonyl (C=O) groups excluding carboxylic acids is 1. The molecule has 0 spiro atoms. The molecular weight excluding hydrogens is 256 g/mol. The van der Waals surface area contributed by atoms with Gasteiger partial charge >= 0.3 is 0 Å². The lowest BCUT2D eigenvalue weighted by Crippen LogP contribution is -2.26. The van der Waals surface area contributed by atoms with Crippen molar-refractivity contribution < 1.29 is 4.79 Å². The maximum atomic E-state index is 11.6. The molecule has 1 aromatic rings. The van der Waals surface area contributed by atoms with Crippen LogP contribution in [0.2, 0.25) is 5.02 Å². The monoisotopic (exact) mass is 268 g/mol. The van der Waals surface area contributed by atoms with Gasteiger partial charge < -0.3 is 22.5 Å². The van der Waals surface area contributed by atoms with Crippen LogP contribution in [0.25, 0.3) is 0 Å². The van der Waals surface area contributed by atoms with E-state index in [0.717, 1.165) is 0 Å². The van der Waals surface area contributed by atoms with Crippen LogP contribution in [0.1, 0.15) is 10.4 Å². The fourth-order valence-electron chi connectivity index (χ4n) is 1.20. The molecule has 18 heavy (non-hydrogen) atoms. The minimum Gasteiger partial charge on any atom is -0.370 e. The van der Waals surface area contributed by atoms with Crippen molar-refractivity contribution >= 4 is 35.1 Å². The number of aliphatic imine (C=N–C) groups is 2. The summed E-state index contributed by atoms with van der Waals surface area (Å²) in [5, 5.41) is 2.88. The van der Waals surface area contributed by atoms with E-state index in [2.05, 4.69) is 15.3 Å². The van der Waals surface area contributed by atoms with Gasteiger partial charge in [-0.15, -0.1) is 0 Å². The van der Waals surface area contributed by atoms with Crippen molar-refractivity contribution in [2.45, 2.75) is 0 Å². The molecule has 8 heteroatoms. The first-order valence-corrected chi connectivity index (χ1v) is 5.27. The van der Waals surface area contributed by atoms with E-state index in [1.165, 1.54) is 13.1 Å². The third-order valence-electron chi connectivity index (χ3n) is 1.91. The van der Waals surface area contributed by atoms with Gasteiger partial charge in [0.25, 0.3) is 5.91 Å². The Bertz CT molecular complexity index is 521. The summed E-state index contributed by atoms with van der Waals surface area (Å²) < 4.78 is 0. The van der Waals surface area contributed by atoms with Gasteiger partial charge in [-0.25, -0.2) is 4.99 Å². The van der Waals surface area contributed by atoms with E-state index < -0.39 is 0 Å². The predicted molar refractivity (Wildman–Crippen MR) is 71.9 cm³/mol. The lowest BCUT2D eigenvalue weighted by molar-refractivity contribution is 0.0964. The Kier molecular flexibility index (Phi) is 4.50. The molecule has 0 fully saturated rings. The van der Waals surface area contributed by atoms with Crippen LogP contribution < -0.4 is 22.5 Å². The van der Waals surface area contributed by atoms with Gasteiger partial charge in [0.2, 0.25) is 5.96 Å². The van der Waals surface area contributed by atoms with Crippen LogP contribution in [0.3, 0.4) is 0 Å². The maximum absolute atomic E-state index is 11.6. The molecular formula is C10H13ClN6O. The van der Waals surface area contributed by atoms with E-state index in [4.69, 9.17) is 28.8 Å². The molecule has 1 rings (SSSR count). The fraction of sp³-hybridized carbons (Fsp3) is 0.100. The van der Waals surface area contributed by atoms with Gasteiger partial charge in [-0.05, 0) is 18.2 Å². The van der Waals surface area contributed by atoms with E-state index in [0.29, 0.717) is 10.7 Å². The molecule has 7 N–H and O–H groups in total. The average molecular weight is 269 g/mol. The average Bonchev–Trinajstić information content (AvgIpc) is 2.29. The molecule has 0 atom stereocenters. The zero-order chi connectivity index (χ0) is 13.7. The number of nitrogens with zero attached hydrogens (tertiary/aromatic N) is 2. The SMILES string of the molecule is CNC(=O)c1cc(Cl)ccc1N=C(N)N=C(N)N. The van der Waals surface area contributed by atoms with Gasteiger partial charge in [0, 0.05) is 12.1 Å². The molecule has 0 unspecified atom stereocenters. The summed E-state index contributed by atoms with van der Waals surface area (Å²) in [6, 6.07) is 4.60. The van der Waals surface area contributed by atoms with E-state index in [-0.39, 0.29) is 23.4 Å². The van der Waals surface area contributed by atoms with Gasteiger partial charge in [0.1, 0.15) is 0 Å². The lowest BCUT2D eigenvalue weighted by Gasteiger charge is -2.05. The van der Waals surface area contributed by atoms with Crippen LogP contribution in [0.15, 0.2) is 28.2 Å². The summed E-state index contributed by atoms with van der Waals surface area (Å²) in [5.74, 6) is -0.706. The number of halogens is 1. The molecule has 0 aliphatic rings. The number of hydrogen-bond acceptors (Lipinski definition) is 2. The second-order valence-electron chi connectivity index (χ2n) is 3.25. The molecule has 0 radical (unpaired) electrons. The maximum Gasteiger partial charge on any atom is 0.253 e. The first kappa shape index (κ1) is 13.8. The highest BCUT2D eigenvalue weighted by Crippen LogP contribution is 2.23. The van der Waals surface area contributed by atoms with Crippen molar-refractivity contribution in [2.24, 2.45) is 27.2 Å². The molecule has 1 amide bonds. The molecule has 0 saturated carbocycles. The summed E-state index contributed by atoms with van der Waals surface area (Å²) in [7, 11) is 1.50. The number of benzene rings is 1. The van der Waals surface area contributed by atoms with Crippen LogP contribution in [0, 0.1) is 0 Å². The molecule has 7 nitrogen and oxygen atoms in total. The Labute approximate surface area is 109 Å². The molecule has 0 aliphatic heterocycles. The largest absolute Gasteiger partial charge is 0.370 e. The Hall–Kier alpha value is -2.28. The smallest absolute Gasteiger partial charge is 0.253 e. The second kappa shape index (κ2) is 5.87. The van der Waals surface area contributed by atoms with Crippen LogP contribution in [0.5, 0.6) is 0 Å². The highest BCUT2D eigenvalue weighted by molar-refractivity contribution is 6.31. The van der Waals surface area contributed by atoms with Crippen molar-refractivity contribution in [3.05, 3.63) is 28.8 Å². The summed E-state index contributed by atoms with van der Waals surface area (Å²) in [4.78, 5) is 19.1. The Morgan fingerprint density at radius 2 is 2.00 bits per heavy atom. The third-order valence-corrected chi connectivity index (χ3v) is 2.14. The van der Waals surface area contributed by atoms with E-state index in [9.17, 15) is 4.79 Å². The summed E-state index contributed by atoms with van der Waals surface area (Å²) in [6.07, 6.45) is 0. The summed E-state index contributed by atoms with van der Waals surface area (Å²) in [5.41, 5.74) is 16.4. The molecule has 1 aromatic carbocycles. The van der Waals surface area contributed by atoms with Crippen LogP contribution in [-0.4, -0.2) is 24.9 Å². The third kappa shape index (κ3) is 3.63. The highest BCUT2D eigenvalue weighted by Gasteiger charge is 2.10. The molecule has 96 valence electrons. The number of carbonyl (C=O) groups is 1. The first-order valence-electron chi connectivity index (χ1n) is 4.89. The highest BCUT2D eigenvalue weighted by atomic mass is 35.5. The predicted octanol–water partition coefficient (Wildman–Crippen LogP) is -0.0808. The second-order valence-corrected chi connectivity index (χ2v) is 3.68. The van der Waals surface area contributed by atoms with Crippen molar-refractivity contribution in [1.29, 1.82) is 0 Å². The van der Waals surface area contributed by atoms with Gasteiger partial charge in [-0.1, -0.05) is 11.6 Å². The molecule has 0 aromatic heterocycles. The van der Waals surface area contributed by atoms with E-state index in [1.54, 1.807) is 12.1 Å². The quantitative estimate of drug-likeness (QED) is 0.441. The number of hydrogen-bond donors (Lipinski definition) is 4. The van der Waals surface area contributed by atoms with Gasteiger partial charge in [0.15, 0.2) is 5.96 Å². The van der Waals surface area contributed by atoms with Crippen molar-refractivity contribution in [3.63, 3.8) is 0 Å². The number of amides is 1. The van der Waals surface area contributed by atoms with E-state index >= 15 is 0 Å². The minimum atomic E-state index is -0.339. The number of guanidine groups is 2. The summed E-state index contributed by atoms with van der Waals surface area (Å²) >= 11 is 5.81. The molecule has 0 saturated heterocycles. The fourth-order valence-corrected chi connectivity index (χ4v) is 1.38. The lowest BCUT2D eigenvalue weighted by atomic mass is 10.1. The standard InChI is InChI=1S/C10H13ClN6O/c1-15-8(18)6-4-5(11)2-3-7(6)16-10(14)17-9(12)13/h2-4H,1H3,(H,15,18)(H6,12,13,14,16,17). The molecule has 0 aliphatic carbocycles. The molecule has 0 heterocycles. The van der Waals surface area contributed by atoms with Gasteiger partial charge in [-0.3, -0.25) is 4.79 Å². The zero-order valence-electron chi connectivity index (χ0n) is 9.64. The Morgan fingerprint density at radius 3 is 2.56 bits per heavy atom. The van der Waals surface area contributed by atoms with Gasteiger partial charge in [0.05, 0.1) is 11.3 Å². The van der Waals surface area contributed by atoms with Gasteiger partial charge in [-0.2, -0.15) is 4.99 Å². The number of nitrogens with two attached hydrogens (primary N) is 3. The van der Waals surface area contributed by atoms with Crippen LogP contribution in [-0.2, 0) is 0 Å².